The number of hydrogen-bond acceptors (Lipinski definition) is 4. The van der Waals surface area contributed by atoms with Crippen molar-refractivity contribution in [2.24, 2.45) is 5.92 Å². The molecule has 0 saturated heterocycles. The van der Waals surface area contributed by atoms with E-state index in [1.54, 1.807) is 18.3 Å². The minimum Gasteiger partial charge on any atom is -0.362 e. The average Bonchev–Trinajstić information content (AvgIpc) is 2.68. The van der Waals surface area contributed by atoms with Gasteiger partial charge in [-0.25, -0.2) is 4.98 Å². The number of anilines is 1. The number of amides is 1. The number of ketones is 1. The topological polar surface area (TPSA) is 71.1 Å². The highest BCUT2D eigenvalue weighted by molar-refractivity contribution is 6.09. The highest BCUT2D eigenvalue weighted by Crippen LogP contribution is 2.43. The molecular formula is C23H23N3O2. The summed E-state index contributed by atoms with van der Waals surface area (Å²) in [7, 11) is 0. The molecule has 5 nitrogen and oxygen atoms in total. The largest absolute Gasteiger partial charge is 0.362 e. The fraction of sp³-hybridized carbons (Fsp3) is 0.261. The molecule has 2 atom stereocenters. The number of hydrogen-bond donors (Lipinski definition) is 2. The Bertz CT molecular complexity index is 977. The lowest BCUT2D eigenvalue weighted by molar-refractivity contribution is -0.117. The maximum absolute atomic E-state index is 13.2. The number of benzene rings is 1. The third-order valence-corrected chi connectivity index (χ3v) is 5.32. The smallest absolute Gasteiger partial charge is 0.255 e. The van der Waals surface area contributed by atoms with Gasteiger partial charge in [0.25, 0.3) is 5.91 Å². The van der Waals surface area contributed by atoms with Crippen LogP contribution in [0.2, 0.25) is 0 Å². The van der Waals surface area contributed by atoms with Gasteiger partial charge < -0.3 is 10.6 Å². The Morgan fingerprint density at radius 3 is 2.57 bits per heavy atom. The molecule has 5 heteroatoms. The first-order valence-corrected chi connectivity index (χ1v) is 9.56. The fourth-order valence-corrected chi connectivity index (χ4v) is 4.13. The Morgan fingerprint density at radius 2 is 1.86 bits per heavy atom. The van der Waals surface area contributed by atoms with E-state index < -0.39 is 0 Å². The molecule has 4 rings (SSSR count). The second-order valence-electron chi connectivity index (χ2n) is 7.51. The van der Waals surface area contributed by atoms with Crippen LogP contribution in [-0.4, -0.2) is 16.7 Å². The number of Topliss-reactive ketones (excluding diaryl/α,β-unsaturated/α-hetero) is 1. The molecule has 28 heavy (non-hydrogen) atoms. The zero-order chi connectivity index (χ0) is 19.7. The number of rotatable bonds is 3. The highest BCUT2D eigenvalue weighted by atomic mass is 16.2. The Labute approximate surface area is 164 Å². The average molecular weight is 373 g/mol. The third-order valence-electron chi connectivity index (χ3n) is 5.32. The molecule has 0 bridgehead atoms. The van der Waals surface area contributed by atoms with Crippen molar-refractivity contribution in [1.29, 1.82) is 0 Å². The molecule has 0 radical (unpaired) electrons. The van der Waals surface area contributed by atoms with Crippen LogP contribution in [0.5, 0.6) is 0 Å². The molecular weight excluding hydrogens is 350 g/mol. The Hall–Kier alpha value is -3.21. The maximum atomic E-state index is 13.2. The van der Waals surface area contributed by atoms with Gasteiger partial charge in [0.05, 0.1) is 0 Å². The number of dihydropyridines is 1. The molecule has 2 N–H and O–H groups in total. The number of nitrogens with one attached hydrogen (secondary N) is 2. The Kier molecular flexibility index (Phi) is 4.82. The molecule has 0 saturated carbocycles. The van der Waals surface area contributed by atoms with Crippen molar-refractivity contribution in [2.75, 3.05) is 5.32 Å². The minimum atomic E-state index is -0.374. The van der Waals surface area contributed by atoms with Gasteiger partial charge in [-0.05, 0) is 37.0 Å². The fourth-order valence-electron chi connectivity index (χ4n) is 4.13. The van der Waals surface area contributed by atoms with Crippen molar-refractivity contribution >= 4 is 17.5 Å². The summed E-state index contributed by atoms with van der Waals surface area (Å²) in [4.78, 5) is 30.4. The van der Waals surface area contributed by atoms with Gasteiger partial charge in [0.1, 0.15) is 5.82 Å². The van der Waals surface area contributed by atoms with E-state index in [0.29, 0.717) is 23.7 Å². The summed E-state index contributed by atoms with van der Waals surface area (Å²) in [5.41, 5.74) is 3.97. The number of carbonyl (C=O) groups excluding carboxylic acids is 2. The van der Waals surface area contributed by atoms with Crippen molar-refractivity contribution in [2.45, 2.75) is 32.6 Å². The molecule has 1 aromatic heterocycles. The number of pyridine rings is 1. The van der Waals surface area contributed by atoms with Gasteiger partial charge >= 0.3 is 0 Å². The third kappa shape index (κ3) is 3.36. The standard InChI is InChI=1S/C23H23N3O2/c1-14-12-17-22(18(27)13-14)21(16-8-4-3-5-9-16)20(15(2)25-17)23(28)26-19-10-6-7-11-24-19/h3-11,14,21,25H,12-13H2,1-2H3,(H,24,26,28). The van der Waals surface area contributed by atoms with E-state index in [2.05, 4.69) is 22.5 Å². The minimum absolute atomic E-state index is 0.116. The summed E-state index contributed by atoms with van der Waals surface area (Å²) in [5.74, 6) is 0.289. The van der Waals surface area contributed by atoms with Crippen molar-refractivity contribution in [3.63, 3.8) is 0 Å². The second kappa shape index (κ2) is 7.43. The number of carbonyl (C=O) groups is 2. The molecule has 0 fully saturated rings. The van der Waals surface area contributed by atoms with Gasteiger partial charge in [-0.2, -0.15) is 0 Å². The van der Waals surface area contributed by atoms with Crippen LogP contribution in [0.3, 0.4) is 0 Å². The lowest BCUT2D eigenvalue weighted by Gasteiger charge is -2.36. The first kappa shape index (κ1) is 18.2. The van der Waals surface area contributed by atoms with E-state index in [0.717, 1.165) is 29.0 Å². The SMILES string of the molecule is CC1=C(C(=O)Nc2ccccn2)C(c2ccccc2)C2=C(CC(C)CC2=O)N1. The van der Waals surface area contributed by atoms with Crippen LogP contribution >= 0.6 is 0 Å². The molecule has 1 aliphatic carbocycles. The van der Waals surface area contributed by atoms with Crippen LogP contribution in [0.1, 0.15) is 38.2 Å². The summed E-state index contributed by atoms with van der Waals surface area (Å²) >= 11 is 0. The van der Waals surface area contributed by atoms with E-state index in [1.165, 1.54) is 0 Å². The first-order chi connectivity index (χ1) is 13.5. The van der Waals surface area contributed by atoms with Crippen LogP contribution in [0, 0.1) is 5.92 Å². The van der Waals surface area contributed by atoms with Gasteiger partial charge in [0.2, 0.25) is 0 Å². The Morgan fingerprint density at radius 1 is 1.11 bits per heavy atom. The van der Waals surface area contributed by atoms with E-state index in [-0.39, 0.29) is 17.6 Å². The van der Waals surface area contributed by atoms with Gasteiger partial charge in [0, 0.05) is 41.1 Å². The van der Waals surface area contributed by atoms with Crippen LogP contribution < -0.4 is 10.6 Å². The van der Waals surface area contributed by atoms with E-state index in [4.69, 9.17) is 0 Å². The van der Waals surface area contributed by atoms with Crippen LogP contribution in [-0.2, 0) is 9.59 Å². The zero-order valence-corrected chi connectivity index (χ0v) is 16.0. The lowest BCUT2D eigenvalue weighted by Crippen LogP contribution is -2.37. The normalized spacial score (nSPS) is 21.9. The Balaban J connectivity index is 1.79. The monoisotopic (exact) mass is 373 g/mol. The van der Waals surface area contributed by atoms with Crippen LogP contribution in [0.4, 0.5) is 5.82 Å². The summed E-state index contributed by atoms with van der Waals surface area (Å²) in [5, 5.41) is 6.23. The van der Waals surface area contributed by atoms with E-state index in [9.17, 15) is 9.59 Å². The van der Waals surface area contributed by atoms with E-state index in [1.807, 2.05) is 43.3 Å². The maximum Gasteiger partial charge on any atom is 0.255 e. The summed E-state index contributed by atoms with van der Waals surface area (Å²) in [6.45, 7) is 3.99. The van der Waals surface area contributed by atoms with Crippen molar-refractivity contribution in [3.05, 3.63) is 82.8 Å². The quantitative estimate of drug-likeness (QED) is 0.855. The first-order valence-electron chi connectivity index (χ1n) is 9.56. The molecule has 2 aliphatic rings. The molecule has 1 aromatic carbocycles. The number of aromatic nitrogens is 1. The van der Waals surface area contributed by atoms with Gasteiger partial charge in [0.15, 0.2) is 5.78 Å². The summed E-state index contributed by atoms with van der Waals surface area (Å²) in [6.07, 6.45) is 2.96. The number of nitrogens with zero attached hydrogens (tertiary/aromatic N) is 1. The van der Waals surface area contributed by atoms with Crippen LogP contribution in [0.15, 0.2) is 77.3 Å². The van der Waals surface area contributed by atoms with E-state index >= 15 is 0 Å². The van der Waals surface area contributed by atoms with Gasteiger partial charge in [-0.15, -0.1) is 0 Å². The predicted octanol–water partition coefficient (Wildman–Crippen LogP) is 3.93. The number of allylic oxidation sites excluding steroid dienone is 3. The molecule has 2 unspecified atom stereocenters. The summed E-state index contributed by atoms with van der Waals surface area (Å²) < 4.78 is 0. The molecule has 1 aliphatic heterocycles. The van der Waals surface area contributed by atoms with Gasteiger partial charge in [-0.3, -0.25) is 9.59 Å². The molecule has 0 spiro atoms. The zero-order valence-electron chi connectivity index (χ0n) is 16.0. The van der Waals surface area contributed by atoms with Crippen molar-refractivity contribution < 1.29 is 9.59 Å². The second-order valence-corrected chi connectivity index (χ2v) is 7.51. The summed E-state index contributed by atoms with van der Waals surface area (Å²) in [6, 6.07) is 15.2. The van der Waals surface area contributed by atoms with Gasteiger partial charge in [-0.1, -0.05) is 43.3 Å². The predicted molar refractivity (Wildman–Crippen MR) is 108 cm³/mol. The van der Waals surface area contributed by atoms with Crippen molar-refractivity contribution in [1.82, 2.24) is 10.3 Å². The lowest BCUT2D eigenvalue weighted by atomic mass is 9.73. The van der Waals surface area contributed by atoms with Crippen LogP contribution in [0.25, 0.3) is 0 Å². The highest BCUT2D eigenvalue weighted by Gasteiger charge is 2.39. The molecule has 1 amide bonds. The molecule has 142 valence electrons. The van der Waals surface area contributed by atoms with Crippen molar-refractivity contribution in [3.8, 4) is 0 Å². The molecule has 2 heterocycles. The molecule has 2 aromatic rings.